The highest BCUT2D eigenvalue weighted by atomic mass is 16.3. The van der Waals surface area contributed by atoms with Gasteiger partial charge in [-0.25, -0.2) is 0 Å². The number of likely N-dealkylation sites (tertiary alicyclic amines) is 1. The first-order chi connectivity index (χ1) is 12.0. The molecular weight excluding hydrogens is 322 g/mol. The monoisotopic (exact) mass is 343 g/mol. The van der Waals surface area contributed by atoms with Crippen molar-refractivity contribution in [2.24, 2.45) is 0 Å². The summed E-state index contributed by atoms with van der Waals surface area (Å²) in [6.07, 6.45) is 3.85. The van der Waals surface area contributed by atoms with Gasteiger partial charge < -0.3 is 15.4 Å². The lowest BCUT2D eigenvalue weighted by molar-refractivity contribution is -0.138. The molecule has 0 radical (unpaired) electrons. The van der Waals surface area contributed by atoms with E-state index in [4.69, 9.17) is 0 Å². The molecule has 1 saturated heterocycles. The van der Waals surface area contributed by atoms with E-state index in [2.05, 4.69) is 10.3 Å². The first kappa shape index (κ1) is 17.0. The predicted molar refractivity (Wildman–Crippen MR) is 91.9 cm³/mol. The summed E-state index contributed by atoms with van der Waals surface area (Å²) in [4.78, 5) is 39.2. The van der Waals surface area contributed by atoms with Gasteiger partial charge in [-0.3, -0.25) is 19.3 Å². The van der Waals surface area contributed by atoms with Crippen molar-refractivity contribution < 1.29 is 19.5 Å². The number of phenolic OH excluding ortho intramolecular Hbond substituents is 1. The van der Waals surface area contributed by atoms with Crippen molar-refractivity contribution in [2.75, 3.05) is 13.1 Å². The van der Waals surface area contributed by atoms with Crippen LogP contribution in [-0.2, 0) is 20.8 Å². The van der Waals surface area contributed by atoms with Gasteiger partial charge in [0.2, 0.25) is 17.7 Å². The van der Waals surface area contributed by atoms with Crippen LogP contribution in [0.5, 0.6) is 5.75 Å². The summed E-state index contributed by atoms with van der Waals surface area (Å²) in [5, 5.41) is 13.4. The summed E-state index contributed by atoms with van der Waals surface area (Å²) in [5.41, 5.74) is 1.97. The molecule has 7 nitrogen and oxygen atoms in total. The summed E-state index contributed by atoms with van der Waals surface area (Å²) >= 11 is 0. The fourth-order valence-electron chi connectivity index (χ4n) is 3.07. The SMILES string of the molecule is O=C(CCCN1C(=O)CCC1=O)NCCc1c[nH]c2ccc(O)cc12. The molecule has 3 amide bonds. The maximum absolute atomic E-state index is 11.9. The lowest BCUT2D eigenvalue weighted by Crippen LogP contribution is -2.31. The molecule has 3 N–H and O–H groups in total. The zero-order valence-electron chi connectivity index (χ0n) is 13.9. The zero-order valence-corrected chi connectivity index (χ0v) is 13.9. The third-order valence-electron chi connectivity index (χ3n) is 4.41. The first-order valence-corrected chi connectivity index (χ1v) is 8.43. The van der Waals surface area contributed by atoms with Gasteiger partial charge in [0.25, 0.3) is 0 Å². The van der Waals surface area contributed by atoms with Crippen LogP contribution in [0.25, 0.3) is 10.9 Å². The van der Waals surface area contributed by atoms with Crippen molar-refractivity contribution in [3.8, 4) is 5.75 Å². The van der Waals surface area contributed by atoms with Crippen LogP contribution in [0.1, 0.15) is 31.2 Å². The van der Waals surface area contributed by atoms with Crippen LogP contribution in [-0.4, -0.2) is 45.8 Å². The first-order valence-electron chi connectivity index (χ1n) is 8.43. The topological polar surface area (TPSA) is 103 Å². The van der Waals surface area contributed by atoms with E-state index >= 15 is 0 Å². The number of aromatic amines is 1. The number of hydrogen-bond acceptors (Lipinski definition) is 4. The molecule has 1 aliphatic rings. The lowest BCUT2D eigenvalue weighted by Gasteiger charge is -2.13. The van der Waals surface area contributed by atoms with Gasteiger partial charge in [0, 0.05) is 49.5 Å². The van der Waals surface area contributed by atoms with Gasteiger partial charge in [-0.05, 0) is 36.6 Å². The number of aromatic hydroxyl groups is 1. The Labute approximate surface area is 145 Å². The Morgan fingerprint density at radius 2 is 2.00 bits per heavy atom. The molecule has 3 rings (SSSR count). The zero-order chi connectivity index (χ0) is 17.8. The van der Waals surface area contributed by atoms with E-state index in [-0.39, 0.29) is 42.7 Å². The van der Waals surface area contributed by atoms with Crippen molar-refractivity contribution in [3.05, 3.63) is 30.0 Å². The molecule has 1 aliphatic heterocycles. The summed E-state index contributed by atoms with van der Waals surface area (Å²) < 4.78 is 0. The predicted octanol–water partition coefficient (Wildman–Crippen LogP) is 1.46. The molecular formula is C18H21N3O4. The highest BCUT2D eigenvalue weighted by Crippen LogP contribution is 2.23. The number of imide groups is 1. The number of H-pyrrole nitrogens is 1. The number of carbonyl (C=O) groups excluding carboxylic acids is 3. The van der Waals surface area contributed by atoms with Crippen LogP contribution in [0.3, 0.4) is 0 Å². The van der Waals surface area contributed by atoms with E-state index in [0.29, 0.717) is 25.9 Å². The molecule has 0 bridgehead atoms. The molecule has 0 atom stereocenters. The Bertz CT molecular complexity index is 796. The maximum atomic E-state index is 11.9. The van der Waals surface area contributed by atoms with E-state index in [1.165, 1.54) is 4.90 Å². The number of benzene rings is 1. The van der Waals surface area contributed by atoms with Crippen LogP contribution in [0.15, 0.2) is 24.4 Å². The van der Waals surface area contributed by atoms with Crippen LogP contribution < -0.4 is 5.32 Å². The Morgan fingerprint density at radius 1 is 1.24 bits per heavy atom. The summed E-state index contributed by atoms with van der Waals surface area (Å²) in [6, 6.07) is 5.14. The number of phenols is 1. The number of nitrogens with one attached hydrogen (secondary N) is 2. The second-order valence-electron chi connectivity index (χ2n) is 6.19. The van der Waals surface area contributed by atoms with E-state index in [0.717, 1.165) is 16.5 Å². The molecule has 1 aromatic carbocycles. The number of amides is 3. The molecule has 0 saturated carbocycles. The third-order valence-corrected chi connectivity index (χ3v) is 4.41. The number of nitrogens with zero attached hydrogens (tertiary/aromatic N) is 1. The summed E-state index contributed by atoms with van der Waals surface area (Å²) in [7, 11) is 0. The van der Waals surface area contributed by atoms with E-state index in [9.17, 15) is 19.5 Å². The molecule has 2 heterocycles. The van der Waals surface area contributed by atoms with Crippen LogP contribution >= 0.6 is 0 Å². The summed E-state index contributed by atoms with van der Waals surface area (Å²) in [5.74, 6) is -0.175. The van der Waals surface area contributed by atoms with Crippen LogP contribution in [0.2, 0.25) is 0 Å². The molecule has 7 heteroatoms. The van der Waals surface area contributed by atoms with E-state index in [1.807, 2.05) is 12.3 Å². The Morgan fingerprint density at radius 3 is 2.76 bits per heavy atom. The number of aromatic nitrogens is 1. The highest BCUT2D eigenvalue weighted by molar-refractivity contribution is 6.01. The normalized spacial score (nSPS) is 14.5. The van der Waals surface area contributed by atoms with Crippen molar-refractivity contribution in [2.45, 2.75) is 32.1 Å². The van der Waals surface area contributed by atoms with Crippen molar-refractivity contribution >= 4 is 28.6 Å². The molecule has 132 valence electrons. The second kappa shape index (κ2) is 7.38. The van der Waals surface area contributed by atoms with Gasteiger partial charge in [0.05, 0.1) is 0 Å². The largest absolute Gasteiger partial charge is 0.508 e. The smallest absolute Gasteiger partial charge is 0.229 e. The average molecular weight is 343 g/mol. The van der Waals surface area contributed by atoms with Crippen LogP contribution in [0.4, 0.5) is 0 Å². The fourth-order valence-corrected chi connectivity index (χ4v) is 3.07. The Balaban J connectivity index is 1.41. The molecule has 0 spiro atoms. The van der Waals surface area contributed by atoms with Gasteiger partial charge in [0.1, 0.15) is 5.75 Å². The van der Waals surface area contributed by atoms with Crippen LogP contribution in [0, 0.1) is 0 Å². The van der Waals surface area contributed by atoms with Gasteiger partial charge >= 0.3 is 0 Å². The molecule has 1 fully saturated rings. The number of hydrogen-bond donors (Lipinski definition) is 3. The van der Waals surface area contributed by atoms with Crippen molar-refractivity contribution in [1.29, 1.82) is 0 Å². The number of carbonyl (C=O) groups is 3. The van der Waals surface area contributed by atoms with E-state index in [1.54, 1.807) is 12.1 Å². The molecule has 1 aromatic heterocycles. The number of rotatable bonds is 7. The maximum Gasteiger partial charge on any atom is 0.229 e. The van der Waals surface area contributed by atoms with Crippen molar-refractivity contribution in [3.63, 3.8) is 0 Å². The second-order valence-corrected chi connectivity index (χ2v) is 6.19. The van der Waals surface area contributed by atoms with Gasteiger partial charge in [-0.15, -0.1) is 0 Å². The Hall–Kier alpha value is -2.83. The third kappa shape index (κ3) is 3.99. The van der Waals surface area contributed by atoms with E-state index < -0.39 is 0 Å². The van der Waals surface area contributed by atoms with Crippen molar-refractivity contribution in [1.82, 2.24) is 15.2 Å². The number of fused-ring (bicyclic) bond motifs is 1. The lowest BCUT2D eigenvalue weighted by atomic mass is 10.1. The standard InChI is InChI=1S/C18H21N3O4/c22-13-3-4-15-14(10-13)12(11-20-15)7-8-19-16(23)2-1-9-21-17(24)5-6-18(21)25/h3-4,10-11,20,22H,1-2,5-9H2,(H,19,23). The molecule has 0 aliphatic carbocycles. The van der Waals surface area contributed by atoms with Gasteiger partial charge in [0.15, 0.2) is 0 Å². The summed E-state index contributed by atoms with van der Waals surface area (Å²) in [6.45, 7) is 0.801. The average Bonchev–Trinajstić information content (AvgIpc) is 3.12. The minimum Gasteiger partial charge on any atom is -0.508 e. The minimum absolute atomic E-state index is 0.0956. The Kier molecular flexibility index (Phi) is 5.02. The minimum atomic E-state index is -0.145. The molecule has 2 aromatic rings. The molecule has 0 unspecified atom stereocenters. The van der Waals surface area contributed by atoms with Gasteiger partial charge in [-0.2, -0.15) is 0 Å². The van der Waals surface area contributed by atoms with Gasteiger partial charge in [-0.1, -0.05) is 0 Å². The molecule has 25 heavy (non-hydrogen) atoms. The fraction of sp³-hybridized carbons (Fsp3) is 0.389. The quantitative estimate of drug-likeness (QED) is 0.662. The highest BCUT2D eigenvalue weighted by Gasteiger charge is 2.28.